The maximum atomic E-state index is 12.8. The van der Waals surface area contributed by atoms with Crippen molar-refractivity contribution in [2.75, 3.05) is 25.0 Å². The first-order valence-electron chi connectivity index (χ1n) is 9.36. The Hall–Kier alpha value is -1.44. The zero-order valence-corrected chi connectivity index (χ0v) is 17.2. The van der Waals surface area contributed by atoms with Crippen molar-refractivity contribution in [3.05, 3.63) is 23.3 Å². The third kappa shape index (κ3) is 4.45. The second-order valence-electron chi connectivity index (χ2n) is 7.07. The first-order valence-corrected chi connectivity index (χ1v) is 10.8. The van der Waals surface area contributed by atoms with Crippen LogP contribution in [0.3, 0.4) is 0 Å². The fourth-order valence-corrected chi connectivity index (χ4v) is 4.99. The van der Waals surface area contributed by atoms with Crippen LogP contribution in [-0.4, -0.2) is 44.3 Å². The fourth-order valence-electron chi connectivity index (χ4n) is 3.42. The minimum atomic E-state index is -3.56. The molecule has 7 heteroatoms. The number of carbonyl (C=O) groups excluding carboxylic acids is 1. The monoisotopic (exact) mass is 381 g/mol. The van der Waals surface area contributed by atoms with Gasteiger partial charge in [-0.25, -0.2) is 8.42 Å². The largest absolute Gasteiger partial charge is 0.326 e. The minimum Gasteiger partial charge on any atom is -0.326 e. The maximum Gasteiger partial charge on any atom is 0.243 e. The molecule has 0 saturated carbocycles. The van der Waals surface area contributed by atoms with E-state index in [0.717, 1.165) is 30.5 Å². The lowest BCUT2D eigenvalue weighted by atomic mass is 9.92. The summed E-state index contributed by atoms with van der Waals surface area (Å²) in [6, 6.07) is 3.60. The Morgan fingerprint density at radius 3 is 2.50 bits per heavy atom. The lowest BCUT2D eigenvalue weighted by Crippen LogP contribution is -2.40. The van der Waals surface area contributed by atoms with Crippen LogP contribution in [0.2, 0.25) is 0 Å². The van der Waals surface area contributed by atoms with Crippen LogP contribution < -0.4 is 10.6 Å². The molecule has 6 nitrogen and oxygen atoms in total. The summed E-state index contributed by atoms with van der Waals surface area (Å²) in [5, 5.41) is 6.32. The molecule has 0 bridgehead atoms. The number of rotatable bonds is 6. The van der Waals surface area contributed by atoms with Gasteiger partial charge in [-0.05, 0) is 63.4 Å². The van der Waals surface area contributed by atoms with Crippen molar-refractivity contribution < 1.29 is 13.2 Å². The van der Waals surface area contributed by atoms with Crippen molar-refractivity contribution in [2.24, 2.45) is 5.92 Å². The van der Waals surface area contributed by atoms with Crippen LogP contribution in [0, 0.1) is 19.8 Å². The second kappa shape index (κ2) is 8.50. The van der Waals surface area contributed by atoms with Crippen molar-refractivity contribution in [3.63, 3.8) is 0 Å². The zero-order chi connectivity index (χ0) is 19.5. The highest BCUT2D eigenvalue weighted by atomic mass is 32.2. The first-order chi connectivity index (χ1) is 12.2. The standard InChI is InChI=1S/C19H31N3O3S/c1-6-22(7-2)26(24,25)17-10-13(3)15(5)18(12-17)21-19(23)16-8-9-20-14(4)11-16/h10,12,14,16,20H,6-9,11H2,1-5H3,(H,21,23)/t14-,16-/m0/s1. The predicted molar refractivity (Wildman–Crippen MR) is 105 cm³/mol. The first kappa shape index (κ1) is 20.9. The van der Waals surface area contributed by atoms with Crippen LogP contribution in [0.4, 0.5) is 5.69 Å². The van der Waals surface area contributed by atoms with Gasteiger partial charge in [0.15, 0.2) is 0 Å². The number of amides is 1. The van der Waals surface area contributed by atoms with Gasteiger partial charge in [-0.1, -0.05) is 13.8 Å². The average Bonchev–Trinajstić information content (AvgIpc) is 2.59. The van der Waals surface area contributed by atoms with E-state index in [-0.39, 0.29) is 16.7 Å². The third-order valence-electron chi connectivity index (χ3n) is 5.24. The summed E-state index contributed by atoms with van der Waals surface area (Å²) in [7, 11) is -3.56. The Morgan fingerprint density at radius 1 is 1.27 bits per heavy atom. The summed E-state index contributed by atoms with van der Waals surface area (Å²) >= 11 is 0. The van der Waals surface area contributed by atoms with E-state index in [2.05, 4.69) is 17.6 Å². The summed E-state index contributed by atoms with van der Waals surface area (Å²) in [5.74, 6) is -0.0766. The van der Waals surface area contributed by atoms with Crippen molar-refractivity contribution in [1.82, 2.24) is 9.62 Å². The topological polar surface area (TPSA) is 78.5 Å². The van der Waals surface area contributed by atoms with Gasteiger partial charge in [0.05, 0.1) is 4.90 Å². The summed E-state index contributed by atoms with van der Waals surface area (Å²) < 4.78 is 27.1. The van der Waals surface area contributed by atoms with Gasteiger partial charge in [-0.15, -0.1) is 0 Å². The Kier molecular flexibility index (Phi) is 6.82. The Morgan fingerprint density at radius 2 is 1.92 bits per heavy atom. The molecule has 1 fully saturated rings. The molecule has 0 unspecified atom stereocenters. The molecule has 2 rings (SSSR count). The molecular formula is C19H31N3O3S. The van der Waals surface area contributed by atoms with Gasteiger partial charge >= 0.3 is 0 Å². The number of hydrogen-bond donors (Lipinski definition) is 2. The van der Waals surface area contributed by atoms with Crippen LogP contribution in [0.1, 0.15) is 44.7 Å². The second-order valence-corrected chi connectivity index (χ2v) is 9.01. The molecule has 0 spiro atoms. The molecule has 2 N–H and O–H groups in total. The lowest BCUT2D eigenvalue weighted by Gasteiger charge is -2.27. The van der Waals surface area contributed by atoms with Crippen molar-refractivity contribution in [2.45, 2.75) is 58.4 Å². The third-order valence-corrected chi connectivity index (χ3v) is 7.26. The minimum absolute atomic E-state index is 0.0294. The van der Waals surface area contributed by atoms with Crippen LogP contribution in [0.5, 0.6) is 0 Å². The number of hydrogen-bond acceptors (Lipinski definition) is 4. The molecule has 1 heterocycles. The van der Waals surface area contributed by atoms with E-state index in [0.29, 0.717) is 24.8 Å². The van der Waals surface area contributed by atoms with E-state index in [1.54, 1.807) is 12.1 Å². The van der Waals surface area contributed by atoms with Crippen LogP contribution in [-0.2, 0) is 14.8 Å². The number of benzene rings is 1. The number of carbonyl (C=O) groups is 1. The smallest absolute Gasteiger partial charge is 0.243 e. The van der Waals surface area contributed by atoms with E-state index in [4.69, 9.17) is 0 Å². The van der Waals surface area contributed by atoms with Crippen molar-refractivity contribution in [1.29, 1.82) is 0 Å². The van der Waals surface area contributed by atoms with E-state index < -0.39 is 10.0 Å². The normalized spacial score (nSPS) is 21.0. The summed E-state index contributed by atoms with van der Waals surface area (Å²) in [5.41, 5.74) is 2.35. The average molecular weight is 382 g/mol. The number of piperidine rings is 1. The number of sulfonamides is 1. The summed E-state index contributed by atoms with van der Waals surface area (Å²) in [4.78, 5) is 12.9. The SMILES string of the molecule is CCN(CC)S(=O)(=O)c1cc(C)c(C)c(NC(=O)[C@H]2CCN[C@@H](C)C2)c1. The molecule has 1 aromatic carbocycles. The summed E-state index contributed by atoms with van der Waals surface area (Å²) in [6.45, 7) is 11.2. The molecular weight excluding hydrogens is 350 g/mol. The van der Waals surface area contributed by atoms with Gasteiger partial charge in [-0.3, -0.25) is 4.79 Å². The molecule has 146 valence electrons. The van der Waals surface area contributed by atoms with Crippen molar-refractivity contribution >= 4 is 21.6 Å². The quantitative estimate of drug-likeness (QED) is 0.794. The Balaban J connectivity index is 2.32. The highest BCUT2D eigenvalue weighted by Crippen LogP contribution is 2.27. The van der Waals surface area contributed by atoms with Gasteiger partial charge in [0.25, 0.3) is 0 Å². The molecule has 26 heavy (non-hydrogen) atoms. The highest BCUT2D eigenvalue weighted by Gasteiger charge is 2.27. The van der Waals surface area contributed by atoms with E-state index in [1.165, 1.54) is 4.31 Å². The van der Waals surface area contributed by atoms with E-state index in [1.807, 2.05) is 27.7 Å². The van der Waals surface area contributed by atoms with Crippen LogP contribution in [0.15, 0.2) is 17.0 Å². The van der Waals surface area contributed by atoms with Crippen molar-refractivity contribution in [3.8, 4) is 0 Å². The number of nitrogens with one attached hydrogen (secondary N) is 2. The zero-order valence-electron chi connectivity index (χ0n) is 16.4. The molecule has 0 aromatic heterocycles. The molecule has 0 radical (unpaired) electrons. The molecule has 1 aromatic rings. The summed E-state index contributed by atoms with van der Waals surface area (Å²) in [6.07, 6.45) is 1.59. The molecule has 1 aliphatic heterocycles. The molecule has 1 aliphatic rings. The van der Waals surface area contributed by atoms with E-state index >= 15 is 0 Å². The van der Waals surface area contributed by atoms with Gasteiger partial charge < -0.3 is 10.6 Å². The van der Waals surface area contributed by atoms with E-state index in [9.17, 15) is 13.2 Å². The van der Waals surface area contributed by atoms with Gasteiger partial charge in [0, 0.05) is 30.7 Å². The number of nitrogens with zero attached hydrogens (tertiary/aromatic N) is 1. The van der Waals surface area contributed by atoms with Gasteiger partial charge in [0.2, 0.25) is 15.9 Å². The number of anilines is 1. The van der Waals surface area contributed by atoms with Gasteiger partial charge in [0.1, 0.15) is 0 Å². The predicted octanol–water partition coefficient (Wildman–Crippen LogP) is 2.66. The highest BCUT2D eigenvalue weighted by molar-refractivity contribution is 7.89. The molecule has 1 saturated heterocycles. The number of aryl methyl sites for hydroxylation is 1. The van der Waals surface area contributed by atoms with Gasteiger partial charge in [-0.2, -0.15) is 4.31 Å². The molecule has 2 atom stereocenters. The van der Waals surface area contributed by atoms with Crippen LogP contribution >= 0.6 is 0 Å². The lowest BCUT2D eigenvalue weighted by molar-refractivity contribution is -0.120. The molecule has 1 amide bonds. The Labute approximate surface area is 157 Å². The fraction of sp³-hybridized carbons (Fsp3) is 0.632. The molecule has 0 aliphatic carbocycles. The van der Waals surface area contributed by atoms with Crippen LogP contribution in [0.25, 0.3) is 0 Å². The maximum absolute atomic E-state index is 12.8. The Bertz CT molecular complexity index is 758.